The monoisotopic (exact) mass is 2360 g/mol. The summed E-state index contributed by atoms with van der Waals surface area (Å²) in [6, 6.07) is 13.9. The molecule has 2 amide bonds. The summed E-state index contributed by atoms with van der Waals surface area (Å²) in [6.45, 7) is 10.5. The van der Waals surface area contributed by atoms with Crippen molar-refractivity contribution >= 4 is 235 Å². The molecule has 0 saturated carbocycles. The number of carbonyl (C=O) groups excluding carboxylic acids is 2. The second kappa shape index (κ2) is 53.6. The molecule has 11 heterocycles. The van der Waals surface area contributed by atoms with E-state index in [0.29, 0.717) is 56.8 Å². The van der Waals surface area contributed by atoms with E-state index in [0.717, 1.165) is 146 Å². The van der Waals surface area contributed by atoms with Gasteiger partial charge >= 0.3 is 25.5 Å². The highest BCUT2D eigenvalue weighted by molar-refractivity contribution is 9.10. The Kier molecular flexibility index (Phi) is 44.3. The second-order valence-corrected chi connectivity index (χ2v) is 42.8. The number of aromatic hydroxyl groups is 1. The van der Waals surface area contributed by atoms with Crippen LogP contribution in [0.2, 0.25) is 45.2 Å². The minimum Gasteiger partial charge on any atom is -0.505 e. The van der Waals surface area contributed by atoms with Gasteiger partial charge in [-0.3, -0.25) is 4.79 Å². The van der Waals surface area contributed by atoms with Gasteiger partial charge in [-0.25, -0.2) is 54.9 Å². The minimum absolute atomic E-state index is 0. The molecule has 0 saturated heterocycles. The number of nitrogens with two attached hydrogens (primary N) is 2. The normalized spacial score (nSPS) is 14.9. The van der Waals surface area contributed by atoms with Crippen LogP contribution in [0.4, 0.5) is 16.2 Å². The van der Waals surface area contributed by atoms with Crippen molar-refractivity contribution in [3.63, 3.8) is 0 Å². The van der Waals surface area contributed by atoms with Crippen molar-refractivity contribution in [2.24, 2.45) is 5.14 Å². The van der Waals surface area contributed by atoms with Crippen LogP contribution in [-0.4, -0.2) is 155 Å². The SMILES string of the molecule is BrCCCBr.Brc1cnn2c1OCCC2.N.NS(=O)(=O)c1cnn2c1OCCC2.Nc1c2c(cc3c1CCC3)CCC2.O.O=C(Nc1c2c(cc3c1CCC3)CCC2)NS(=O)(=O)c1cnn2c1OCCC2.O=C1C=CNC1.O=S(=O)(Cl)Oc1c(Cl)cc(Cl)cc1Cl.O=S(=O)(Oc1c(Cl)cc(Cl)cc1Cl)c1cnn2c1OCCC2.Oc1c(Cl)cc(Cl)cc1Cl.[3H]C(=C)P.c1cc2n(n1)CCCO2. The number of hydrogen-bond donors (Lipinski definition) is 7. The van der Waals surface area contributed by atoms with Gasteiger partial charge in [0.05, 0.1) is 117 Å². The van der Waals surface area contributed by atoms with Crippen molar-refractivity contribution in [2.75, 3.05) is 61.3 Å². The number of primary sulfonamides is 1. The number of aromatic nitrogens is 10. The highest BCUT2D eigenvalue weighted by Gasteiger charge is 2.34. The first-order valence-electron chi connectivity index (χ1n) is 41.3. The summed E-state index contributed by atoms with van der Waals surface area (Å²) in [6.07, 6.45) is 29.6. The smallest absolute Gasteiger partial charge is 0.401 e. The molecule has 20 rings (SSSR count). The van der Waals surface area contributed by atoms with E-state index >= 15 is 0 Å². The van der Waals surface area contributed by atoms with Crippen molar-refractivity contribution in [2.45, 2.75) is 163 Å². The van der Waals surface area contributed by atoms with Crippen LogP contribution in [0, 0.1) is 0 Å². The lowest BCUT2D eigenvalue weighted by Crippen LogP contribution is -2.35. The van der Waals surface area contributed by atoms with Gasteiger partial charge in [-0.15, -0.1) is 9.24 Å². The van der Waals surface area contributed by atoms with Crippen LogP contribution in [0.5, 0.6) is 46.6 Å². The first kappa shape index (κ1) is 112. The van der Waals surface area contributed by atoms with E-state index < -0.39 is 45.5 Å². The van der Waals surface area contributed by atoms with Gasteiger partial charge in [0, 0.05) is 114 Å². The molecule has 53 heteroatoms. The van der Waals surface area contributed by atoms with Crippen LogP contribution < -0.4 is 64.4 Å². The number of nitrogens with zero attached hydrogens (tertiary/aromatic N) is 10. The van der Waals surface area contributed by atoms with E-state index in [1.807, 2.05) is 15.4 Å². The number of nitrogen functional groups attached to an aromatic ring is 1. The Bertz CT molecular complexity index is 6230. The lowest BCUT2D eigenvalue weighted by atomic mass is 9.99. The van der Waals surface area contributed by atoms with Gasteiger partial charge in [-0.05, 0) is 186 Å². The Hall–Kier alpha value is -6.98. The van der Waals surface area contributed by atoms with Crippen LogP contribution >= 0.6 is 172 Å². The molecule has 0 radical (unpaired) electrons. The number of fused-ring (bicyclic) bond motifs is 9. The molecule has 35 nitrogen and oxygen atoms in total. The molecule has 0 fully saturated rings. The highest BCUT2D eigenvalue weighted by Crippen LogP contribution is 2.44. The number of sulfonamides is 2. The Labute approximate surface area is 859 Å². The fourth-order valence-corrected chi connectivity index (χ4v) is 22.0. The molecule has 1 atom stereocenters. The van der Waals surface area contributed by atoms with E-state index in [9.17, 15) is 43.3 Å². The number of alkyl halides is 2. The van der Waals surface area contributed by atoms with Crippen molar-refractivity contribution in [3.8, 4) is 46.6 Å². The maximum atomic E-state index is 12.7. The topological polar surface area (TPSA) is 499 Å². The van der Waals surface area contributed by atoms with Gasteiger partial charge in [0.25, 0.3) is 10.0 Å². The quantitative estimate of drug-likeness (QED) is 0.0208. The van der Waals surface area contributed by atoms with Crippen molar-refractivity contribution in [1.82, 2.24) is 65.1 Å². The van der Waals surface area contributed by atoms with Gasteiger partial charge in [-0.2, -0.15) is 42.3 Å². The van der Waals surface area contributed by atoms with E-state index in [1.54, 1.807) is 18.6 Å². The van der Waals surface area contributed by atoms with Crippen LogP contribution in [-0.2, 0) is 128 Å². The number of phenolic OH excluding ortho intramolecular Hbond substituents is 1. The summed E-state index contributed by atoms with van der Waals surface area (Å²) in [5.74, 6) is 2.29. The summed E-state index contributed by atoms with van der Waals surface area (Å²) in [7, 11) is -9.17. The molecule has 738 valence electrons. The molecule has 0 spiro atoms. The van der Waals surface area contributed by atoms with Crippen LogP contribution in [0.25, 0.3) is 0 Å². The molecule has 10 aromatic rings. The molecular formula is C82H96Br3Cl10N16O19PS4. The summed E-state index contributed by atoms with van der Waals surface area (Å²) in [5.41, 5.74) is 19.0. The molecule has 5 aromatic carbocycles. The molecule has 4 aliphatic carbocycles. The van der Waals surface area contributed by atoms with Gasteiger partial charge in [0.15, 0.2) is 37.7 Å². The highest BCUT2D eigenvalue weighted by atomic mass is 79.9. The van der Waals surface area contributed by atoms with Crippen molar-refractivity contribution in [1.29, 1.82) is 0 Å². The molecule has 135 heavy (non-hydrogen) atoms. The minimum atomic E-state index is -4.19. The number of nitrogens with one attached hydrogen (secondary N) is 3. The third kappa shape index (κ3) is 32.3. The van der Waals surface area contributed by atoms with E-state index in [-0.39, 0.29) is 107 Å². The molecule has 10 aliphatic rings. The fourth-order valence-electron chi connectivity index (χ4n) is 14.3. The third-order valence-corrected chi connectivity index (χ3v) is 28.0. The maximum absolute atomic E-state index is 12.7. The Morgan fingerprint density at radius 2 is 0.933 bits per heavy atom. The first-order chi connectivity index (χ1) is 63.6. The Morgan fingerprint density at radius 3 is 1.33 bits per heavy atom. The number of urea groups is 1. The summed E-state index contributed by atoms with van der Waals surface area (Å²) < 4.78 is 147. The van der Waals surface area contributed by atoms with Crippen molar-refractivity contribution < 1.29 is 87.3 Å². The van der Waals surface area contributed by atoms with E-state index in [4.69, 9.17) is 160 Å². The van der Waals surface area contributed by atoms with Crippen molar-refractivity contribution in [3.05, 3.63) is 204 Å². The number of amides is 2. The lowest BCUT2D eigenvalue weighted by molar-refractivity contribution is -0.113. The number of rotatable bonds is 11. The summed E-state index contributed by atoms with van der Waals surface area (Å²) in [5, 5.41) is 43.0. The molecular weight excluding hydrogens is 2270 g/mol. The summed E-state index contributed by atoms with van der Waals surface area (Å²) >= 11 is 60.9. The molecule has 1 unspecified atom stereocenters. The van der Waals surface area contributed by atoms with E-state index in [2.05, 4.69) is 121 Å². The van der Waals surface area contributed by atoms with Gasteiger partial charge in [-0.1, -0.05) is 161 Å². The zero-order valence-electron chi connectivity index (χ0n) is 72.7. The van der Waals surface area contributed by atoms with Gasteiger partial charge < -0.3 is 65.2 Å². The fraction of sp³-hybridized carbons (Fsp3) is 0.378. The predicted molar refractivity (Wildman–Crippen MR) is 538 cm³/mol. The number of benzene rings is 5. The standard InChI is InChI=1S/C19H22N4O4S.C12H9Cl3N2O4S.C12H15N.C6H7BrN2O.C6H2Cl4O3S.C6H3Cl3O.C6H9N3O3S.C6H8N2O.C4H5NO.C3H6Br2.C2H5P.H3N.H2O/c24-19(22-28(25,26)16-11-20-23-8-3-9-27-18(16)23)21-17-14-6-1-4-12(14)10-13-5-2-7-15(13)17;13-7-4-8(14)11(9(15)5-7)21-22(18,19)10-6-16-17-2-1-3-20-12(10)17;13-12-10-5-1-3-8(10)7-9-4-2-6-11(9)12;7-5-4-8-9-2-1-3-10-6(5)9;7-3-1-4(8)6(5(9)2-3)13-14(10,11)12;7-3-1-4(8)6(10)5(9)2-3;7-13(10,11)5-4-8-9-2-1-3-12-6(5)9;1-4-8-6(9-5-1)2-3-7-8;6-4-1-2-5-3-4;4-2-1-3-5;1-2-3;;/h10-11H,1-9H2,(H2,21,22,24);4-6H,1-3H2;7H,1-6,13H2;4H,1-3H2;1-2H;1-2,10H;4H,1-3H2,(H2,7,10,11);2-3H,1,4-5H2;1-2,5H,3H2;1-3H2;2H,1,3H2;1H3;1H2/i;;;;;;;;;;2T;;. The number of anilines is 2. The van der Waals surface area contributed by atoms with E-state index in [1.165, 1.54) is 153 Å². The Morgan fingerprint density at radius 1 is 0.556 bits per heavy atom. The number of ketones is 1. The number of phenols is 1. The molecule has 0 bridgehead atoms. The number of aryl methyl sites for hydroxylation is 9. The predicted octanol–water partition coefficient (Wildman–Crippen LogP) is 18.2. The first-order valence-corrected chi connectivity index (χ1v) is 54.5. The van der Waals surface area contributed by atoms with Gasteiger partial charge in [0.1, 0.15) is 0 Å². The number of carbonyl (C=O) groups is 2. The number of hydrogen-bond acceptors (Lipinski definition) is 26. The zero-order chi connectivity index (χ0) is 97.4. The number of halogens is 13. The van der Waals surface area contributed by atoms with Crippen LogP contribution in [0.15, 0.2) is 129 Å². The van der Waals surface area contributed by atoms with Crippen LogP contribution in [0.3, 0.4) is 0 Å². The average molecular weight is 2370 g/mol. The average Bonchev–Trinajstić information content (AvgIpc) is 1.61. The van der Waals surface area contributed by atoms with Crippen LogP contribution in [0.1, 0.15) is 110 Å². The lowest BCUT2D eigenvalue weighted by Gasteiger charge is -2.17. The largest absolute Gasteiger partial charge is 0.505 e. The molecule has 5 aromatic heterocycles. The van der Waals surface area contributed by atoms with Gasteiger partial charge in [0.2, 0.25) is 39.4 Å². The summed E-state index contributed by atoms with van der Waals surface area (Å²) in [4.78, 5) is 22.4. The Balaban J connectivity index is 0.000000191. The maximum Gasteiger partial charge on any atom is 0.401 e. The number of ether oxygens (including phenoxy) is 5. The molecule has 6 aliphatic heterocycles. The molecule has 13 N–H and O–H groups in total. The zero-order valence-corrected chi connectivity index (χ0v) is 88.4. The second-order valence-electron chi connectivity index (χ2n) is 29.4. The third-order valence-electron chi connectivity index (χ3n) is 20.0.